The molecule has 7 nitrogen and oxygen atoms in total. The van der Waals surface area contributed by atoms with E-state index in [2.05, 4.69) is 5.32 Å². The number of carbonyl (C=O) groups excluding carboxylic acids is 2. The van der Waals surface area contributed by atoms with Crippen LogP contribution in [-0.4, -0.2) is 31.5 Å². The van der Waals surface area contributed by atoms with Crippen LogP contribution < -0.4 is 9.62 Å². The topological polar surface area (TPSA) is 107 Å². The van der Waals surface area contributed by atoms with Crippen molar-refractivity contribution in [1.29, 1.82) is 5.26 Å². The third kappa shape index (κ3) is 3.09. The zero-order valence-corrected chi connectivity index (χ0v) is 13.0. The lowest BCUT2D eigenvalue weighted by atomic mass is 10.1. The summed E-state index contributed by atoms with van der Waals surface area (Å²) in [6.45, 7) is 3.09. The molecule has 1 heterocycles. The van der Waals surface area contributed by atoms with Gasteiger partial charge in [-0.2, -0.15) is 5.26 Å². The summed E-state index contributed by atoms with van der Waals surface area (Å²) in [6, 6.07) is 7.69. The van der Waals surface area contributed by atoms with Gasteiger partial charge in [-0.25, -0.2) is 12.7 Å². The van der Waals surface area contributed by atoms with E-state index < -0.39 is 27.4 Å². The van der Waals surface area contributed by atoms with Gasteiger partial charge in [-0.05, 0) is 32.0 Å². The molecule has 2 rings (SSSR count). The highest BCUT2D eigenvalue weighted by molar-refractivity contribution is 7.94. The SMILES string of the molecule is CC(C)(C#N)NC(=O)c1cccc(N2C(=O)CCS2(=O)=O)c1. The number of amides is 2. The molecule has 2 amide bonds. The standard InChI is InChI=1S/C14H15N3O4S/c1-14(2,9-15)16-13(19)10-4-3-5-11(8-10)17-12(18)6-7-22(17,20)21/h3-5,8H,6-7H2,1-2H3,(H,16,19). The van der Waals surface area contributed by atoms with Gasteiger partial charge in [-0.15, -0.1) is 0 Å². The van der Waals surface area contributed by atoms with Crippen molar-refractivity contribution in [2.75, 3.05) is 10.1 Å². The van der Waals surface area contributed by atoms with Gasteiger partial charge in [0.1, 0.15) is 5.54 Å². The summed E-state index contributed by atoms with van der Waals surface area (Å²) in [4.78, 5) is 23.9. The summed E-state index contributed by atoms with van der Waals surface area (Å²) in [6.07, 6.45) is -0.0692. The fourth-order valence-electron chi connectivity index (χ4n) is 2.03. The van der Waals surface area contributed by atoms with E-state index in [-0.39, 0.29) is 23.4 Å². The summed E-state index contributed by atoms with van der Waals surface area (Å²) in [5, 5.41) is 11.4. The molecule has 1 aliphatic rings. The summed E-state index contributed by atoms with van der Waals surface area (Å²) in [5.41, 5.74) is -0.747. The van der Waals surface area contributed by atoms with Gasteiger partial charge in [-0.3, -0.25) is 9.59 Å². The van der Waals surface area contributed by atoms with Crippen molar-refractivity contribution < 1.29 is 18.0 Å². The predicted molar refractivity (Wildman–Crippen MR) is 79.5 cm³/mol. The molecular weight excluding hydrogens is 306 g/mol. The van der Waals surface area contributed by atoms with Gasteiger partial charge in [0.25, 0.3) is 5.91 Å². The number of rotatable bonds is 3. The minimum Gasteiger partial charge on any atom is -0.334 e. The van der Waals surface area contributed by atoms with Gasteiger partial charge >= 0.3 is 0 Å². The molecule has 1 fully saturated rings. The van der Waals surface area contributed by atoms with E-state index in [1.807, 2.05) is 6.07 Å². The monoisotopic (exact) mass is 321 g/mol. The van der Waals surface area contributed by atoms with Gasteiger partial charge in [0, 0.05) is 12.0 Å². The van der Waals surface area contributed by atoms with Crippen LogP contribution in [0.3, 0.4) is 0 Å². The second-order valence-corrected chi connectivity index (χ2v) is 7.40. The van der Waals surface area contributed by atoms with Crippen LogP contribution in [0.25, 0.3) is 0 Å². The maximum absolute atomic E-state index is 12.1. The van der Waals surface area contributed by atoms with Crippen molar-refractivity contribution in [3.05, 3.63) is 29.8 Å². The molecule has 1 aromatic carbocycles. The van der Waals surface area contributed by atoms with Gasteiger partial charge < -0.3 is 5.32 Å². The molecule has 22 heavy (non-hydrogen) atoms. The Balaban J connectivity index is 2.34. The Hall–Kier alpha value is -2.40. The highest BCUT2D eigenvalue weighted by Crippen LogP contribution is 2.25. The number of carbonyl (C=O) groups is 2. The quantitative estimate of drug-likeness (QED) is 0.885. The van der Waals surface area contributed by atoms with Crippen LogP contribution in [0.2, 0.25) is 0 Å². The largest absolute Gasteiger partial charge is 0.334 e. The van der Waals surface area contributed by atoms with Gasteiger partial charge in [0.15, 0.2) is 0 Å². The fourth-order valence-corrected chi connectivity index (χ4v) is 3.48. The number of anilines is 1. The van der Waals surface area contributed by atoms with Crippen LogP contribution in [0.15, 0.2) is 24.3 Å². The van der Waals surface area contributed by atoms with Crippen LogP contribution in [0, 0.1) is 11.3 Å². The average Bonchev–Trinajstić information content (AvgIpc) is 2.72. The number of nitriles is 1. The Bertz CT molecular complexity index is 778. The van der Waals surface area contributed by atoms with E-state index in [0.29, 0.717) is 0 Å². The number of sulfonamides is 1. The number of hydrogen-bond donors (Lipinski definition) is 1. The van der Waals surface area contributed by atoms with Crippen molar-refractivity contribution in [1.82, 2.24) is 5.32 Å². The van der Waals surface area contributed by atoms with E-state index in [0.717, 1.165) is 4.31 Å². The molecule has 116 valence electrons. The number of nitrogens with zero attached hydrogens (tertiary/aromatic N) is 2. The third-order valence-corrected chi connectivity index (χ3v) is 4.82. The van der Waals surface area contributed by atoms with Crippen LogP contribution in [0.1, 0.15) is 30.6 Å². The Labute approximate surface area is 128 Å². The minimum absolute atomic E-state index is 0.0692. The fraction of sp³-hybridized carbons (Fsp3) is 0.357. The molecule has 0 aromatic heterocycles. The normalized spacial score (nSPS) is 17.1. The van der Waals surface area contributed by atoms with Crippen molar-refractivity contribution in [2.24, 2.45) is 0 Å². The Kier molecular flexibility index (Phi) is 3.94. The molecule has 0 spiro atoms. The van der Waals surface area contributed by atoms with Crippen LogP contribution in [0.4, 0.5) is 5.69 Å². The number of nitrogens with one attached hydrogen (secondary N) is 1. The molecule has 0 radical (unpaired) electrons. The zero-order valence-electron chi connectivity index (χ0n) is 12.2. The molecule has 0 bridgehead atoms. The lowest BCUT2D eigenvalue weighted by molar-refractivity contribution is -0.116. The summed E-state index contributed by atoms with van der Waals surface area (Å²) < 4.78 is 24.5. The van der Waals surface area contributed by atoms with Gasteiger partial charge in [0.2, 0.25) is 15.9 Å². The molecule has 0 aliphatic carbocycles. The third-order valence-electron chi connectivity index (χ3n) is 3.13. The van der Waals surface area contributed by atoms with Crippen molar-refractivity contribution in [3.63, 3.8) is 0 Å². The second-order valence-electron chi connectivity index (χ2n) is 5.47. The molecule has 0 atom stereocenters. The summed E-state index contributed by atoms with van der Waals surface area (Å²) >= 11 is 0. The smallest absolute Gasteiger partial charge is 0.252 e. The highest BCUT2D eigenvalue weighted by atomic mass is 32.2. The van der Waals surface area contributed by atoms with Crippen LogP contribution in [-0.2, 0) is 14.8 Å². The first kappa shape index (κ1) is 16.0. The van der Waals surface area contributed by atoms with E-state index in [1.54, 1.807) is 13.8 Å². The predicted octanol–water partition coefficient (Wildman–Crippen LogP) is 0.785. The van der Waals surface area contributed by atoms with E-state index >= 15 is 0 Å². The Morgan fingerprint density at radius 3 is 2.64 bits per heavy atom. The lowest BCUT2D eigenvalue weighted by Gasteiger charge is -2.19. The molecular formula is C14H15N3O4S. The average molecular weight is 321 g/mol. The van der Waals surface area contributed by atoms with E-state index in [4.69, 9.17) is 5.26 Å². The Morgan fingerprint density at radius 2 is 2.09 bits per heavy atom. The lowest BCUT2D eigenvalue weighted by Crippen LogP contribution is -2.42. The second kappa shape index (κ2) is 5.42. The molecule has 1 N–H and O–H groups in total. The summed E-state index contributed by atoms with van der Waals surface area (Å²) in [5.74, 6) is -1.27. The maximum atomic E-state index is 12.1. The van der Waals surface area contributed by atoms with Crippen LogP contribution in [0.5, 0.6) is 0 Å². The number of hydrogen-bond acceptors (Lipinski definition) is 5. The maximum Gasteiger partial charge on any atom is 0.252 e. The van der Waals surface area contributed by atoms with Crippen molar-refractivity contribution in [3.8, 4) is 6.07 Å². The molecule has 0 unspecified atom stereocenters. The summed E-state index contributed by atoms with van der Waals surface area (Å²) in [7, 11) is -3.67. The van der Waals surface area contributed by atoms with Crippen molar-refractivity contribution >= 4 is 27.5 Å². The first-order valence-corrected chi connectivity index (χ1v) is 8.17. The molecule has 1 aliphatic heterocycles. The molecule has 1 aromatic rings. The first-order chi connectivity index (χ1) is 10.2. The first-order valence-electron chi connectivity index (χ1n) is 6.56. The molecule has 8 heteroatoms. The van der Waals surface area contributed by atoms with E-state index in [9.17, 15) is 18.0 Å². The molecule has 0 saturated carbocycles. The zero-order chi connectivity index (χ0) is 16.5. The van der Waals surface area contributed by atoms with E-state index in [1.165, 1.54) is 24.3 Å². The van der Waals surface area contributed by atoms with Crippen LogP contribution >= 0.6 is 0 Å². The minimum atomic E-state index is -3.67. The van der Waals surface area contributed by atoms with Crippen molar-refractivity contribution in [2.45, 2.75) is 25.8 Å². The number of benzene rings is 1. The Morgan fingerprint density at radius 1 is 1.41 bits per heavy atom. The van der Waals surface area contributed by atoms with Gasteiger partial charge in [-0.1, -0.05) is 6.07 Å². The van der Waals surface area contributed by atoms with Gasteiger partial charge in [0.05, 0.1) is 17.5 Å². The highest BCUT2D eigenvalue weighted by Gasteiger charge is 2.36. The molecule has 1 saturated heterocycles.